The Morgan fingerprint density at radius 2 is 1.54 bits per heavy atom. The summed E-state index contributed by atoms with van der Waals surface area (Å²) >= 11 is 4.81. The smallest absolute Gasteiger partial charge is 0.272 e. The molecule has 4 aromatic rings. The van der Waals surface area contributed by atoms with Crippen LogP contribution in [-0.4, -0.2) is 23.5 Å². The molecule has 6 nitrogen and oxygen atoms in total. The number of rotatable bonds is 10. The van der Waals surface area contributed by atoms with Crippen molar-refractivity contribution in [2.45, 2.75) is 24.7 Å². The Labute approximate surface area is 252 Å². The summed E-state index contributed by atoms with van der Waals surface area (Å²) in [5, 5.41) is 8.53. The molecule has 0 atom stereocenters. The molecule has 0 unspecified atom stereocenters. The molecule has 0 fully saturated rings. The largest absolute Gasteiger partial charge is 0.325 e. The van der Waals surface area contributed by atoms with Crippen LogP contribution < -0.4 is 16.0 Å². The maximum atomic E-state index is 13.3. The first kappa shape index (κ1) is 29.8. The van der Waals surface area contributed by atoms with E-state index in [0.29, 0.717) is 17.2 Å². The molecule has 0 saturated heterocycles. The van der Waals surface area contributed by atoms with E-state index in [0.717, 1.165) is 20.6 Å². The monoisotopic (exact) mass is 627 g/mol. The van der Waals surface area contributed by atoms with E-state index < -0.39 is 11.8 Å². The number of carbonyl (C=O) groups excluding carboxylic acids is 3. The molecule has 0 heterocycles. The second-order valence-electron chi connectivity index (χ2n) is 9.53. The molecule has 3 N–H and O–H groups in total. The number of carbonyl (C=O) groups is 3. The molecule has 0 spiro atoms. The first-order valence-corrected chi connectivity index (χ1v) is 14.8. The Hall–Kier alpha value is -4.14. The van der Waals surface area contributed by atoms with E-state index in [4.69, 9.17) is 0 Å². The van der Waals surface area contributed by atoms with Crippen molar-refractivity contribution in [3.63, 3.8) is 0 Å². The molecule has 0 aromatic heterocycles. The molecule has 41 heavy (non-hydrogen) atoms. The normalized spacial score (nSPS) is 11.2. The van der Waals surface area contributed by atoms with Crippen LogP contribution in [0, 0.1) is 0 Å². The van der Waals surface area contributed by atoms with Gasteiger partial charge in [-0.25, -0.2) is 0 Å². The van der Waals surface area contributed by atoms with Gasteiger partial charge in [0.2, 0.25) is 5.91 Å². The van der Waals surface area contributed by atoms with Crippen molar-refractivity contribution in [1.29, 1.82) is 0 Å². The van der Waals surface area contributed by atoms with Crippen LogP contribution in [0.3, 0.4) is 0 Å². The number of anilines is 2. The van der Waals surface area contributed by atoms with Gasteiger partial charge in [-0.1, -0.05) is 78.3 Å². The first-order valence-electron chi connectivity index (χ1n) is 13.0. The molecule has 0 bridgehead atoms. The molecule has 0 saturated carbocycles. The van der Waals surface area contributed by atoms with Gasteiger partial charge in [0.05, 0.1) is 5.75 Å². The first-order chi connectivity index (χ1) is 19.8. The highest BCUT2D eigenvalue weighted by atomic mass is 79.9. The van der Waals surface area contributed by atoms with Gasteiger partial charge in [-0.3, -0.25) is 14.4 Å². The van der Waals surface area contributed by atoms with Crippen molar-refractivity contribution in [1.82, 2.24) is 5.32 Å². The van der Waals surface area contributed by atoms with Crippen LogP contribution >= 0.6 is 27.7 Å². The van der Waals surface area contributed by atoms with Gasteiger partial charge < -0.3 is 16.0 Å². The third kappa shape index (κ3) is 9.20. The van der Waals surface area contributed by atoms with Crippen LogP contribution in [0.5, 0.6) is 0 Å². The number of nitrogens with one attached hydrogen (secondary N) is 3. The van der Waals surface area contributed by atoms with Crippen molar-refractivity contribution in [2.75, 3.05) is 16.4 Å². The fourth-order valence-corrected chi connectivity index (χ4v) is 5.04. The van der Waals surface area contributed by atoms with Gasteiger partial charge in [0.1, 0.15) is 5.70 Å². The molecule has 3 amide bonds. The average Bonchev–Trinajstić information content (AvgIpc) is 2.96. The summed E-state index contributed by atoms with van der Waals surface area (Å²) in [6.07, 6.45) is 1.62. The van der Waals surface area contributed by atoms with Gasteiger partial charge in [-0.15, -0.1) is 11.8 Å². The zero-order chi connectivity index (χ0) is 29.2. The summed E-state index contributed by atoms with van der Waals surface area (Å²) in [5.74, 6) is -0.347. The van der Waals surface area contributed by atoms with E-state index in [2.05, 4.69) is 45.7 Å². The van der Waals surface area contributed by atoms with Crippen LogP contribution in [0.1, 0.15) is 41.3 Å². The number of hydrogen-bond acceptors (Lipinski definition) is 4. The molecule has 4 aromatic carbocycles. The highest BCUT2D eigenvalue weighted by Crippen LogP contribution is 2.23. The van der Waals surface area contributed by atoms with Crippen LogP contribution in [-0.2, 0) is 9.59 Å². The SMILES string of the molecule is CC(C)c1ccc(NC(=O)CSc2cccc(NC(=O)/C(=C\c3cccc(Br)c3)NC(=O)c3ccccc3)c2)cc1. The summed E-state index contributed by atoms with van der Waals surface area (Å²) in [4.78, 5) is 39.5. The van der Waals surface area contributed by atoms with Crippen molar-refractivity contribution in [2.24, 2.45) is 0 Å². The van der Waals surface area contributed by atoms with Gasteiger partial charge in [0.15, 0.2) is 0 Å². The van der Waals surface area contributed by atoms with Gasteiger partial charge in [0, 0.05) is 26.3 Å². The zero-order valence-corrected chi connectivity index (χ0v) is 25.1. The second-order valence-corrected chi connectivity index (χ2v) is 11.5. The van der Waals surface area contributed by atoms with Crippen molar-refractivity contribution in [3.8, 4) is 0 Å². The van der Waals surface area contributed by atoms with Crippen LogP contribution in [0.2, 0.25) is 0 Å². The predicted octanol–water partition coefficient (Wildman–Crippen LogP) is 7.71. The van der Waals surface area contributed by atoms with Crippen LogP contribution in [0.4, 0.5) is 11.4 Å². The predicted molar refractivity (Wildman–Crippen MR) is 171 cm³/mol. The maximum Gasteiger partial charge on any atom is 0.272 e. The van der Waals surface area contributed by atoms with E-state index in [1.165, 1.54) is 17.3 Å². The Kier molecular flexibility index (Phi) is 10.5. The van der Waals surface area contributed by atoms with Crippen molar-refractivity contribution < 1.29 is 14.4 Å². The Morgan fingerprint density at radius 3 is 2.24 bits per heavy atom. The highest BCUT2D eigenvalue weighted by Gasteiger charge is 2.16. The van der Waals surface area contributed by atoms with E-state index in [-0.39, 0.29) is 17.4 Å². The van der Waals surface area contributed by atoms with E-state index in [1.807, 2.05) is 60.7 Å². The fourth-order valence-electron chi connectivity index (χ4n) is 3.86. The standard InChI is InChI=1S/C33H30BrN3O3S/c1-22(2)24-14-16-27(17-15-24)35-31(38)21-41-29-13-7-12-28(20-29)36-33(40)30(19-23-8-6-11-26(34)18-23)37-32(39)25-9-4-3-5-10-25/h3-20,22H,21H2,1-2H3,(H,35,38)(H,36,40)(H,37,39)/b30-19+. The molecule has 208 valence electrons. The zero-order valence-electron chi connectivity index (χ0n) is 22.7. The average molecular weight is 629 g/mol. The van der Waals surface area contributed by atoms with Gasteiger partial charge >= 0.3 is 0 Å². The number of benzene rings is 4. The molecule has 0 aliphatic heterocycles. The van der Waals surface area contributed by atoms with Gasteiger partial charge in [0.25, 0.3) is 11.8 Å². The molecular weight excluding hydrogens is 598 g/mol. The molecule has 8 heteroatoms. The Bertz CT molecular complexity index is 1550. The Balaban J connectivity index is 1.42. The molecule has 0 aliphatic rings. The quantitative estimate of drug-likeness (QED) is 0.124. The molecule has 0 aliphatic carbocycles. The minimum atomic E-state index is -0.473. The van der Waals surface area contributed by atoms with Crippen molar-refractivity contribution >= 4 is 62.9 Å². The second kappa shape index (κ2) is 14.5. The number of amides is 3. The summed E-state index contributed by atoms with van der Waals surface area (Å²) in [5.41, 5.74) is 3.78. The lowest BCUT2D eigenvalue weighted by Gasteiger charge is -2.12. The topological polar surface area (TPSA) is 87.3 Å². The highest BCUT2D eigenvalue weighted by molar-refractivity contribution is 9.10. The lowest BCUT2D eigenvalue weighted by Crippen LogP contribution is -2.30. The lowest BCUT2D eigenvalue weighted by atomic mass is 10.0. The molecule has 4 rings (SSSR count). The summed E-state index contributed by atoms with van der Waals surface area (Å²) < 4.78 is 0.849. The summed E-state index contributed by atoms with van der Waals surface area (Å²) in [6.45, 7) is 4.25. The Morgan fingerprint density at radius 1 is 0.805 bits per heavy atom. The minimum Gasteiger partial charge on any atom is -0.325 e. The van der Waals surface area contributed by atoms with E-state index in [1.54, 1.807) is 48.5 Å². The number of thioether (sulfide) groups is 1. The molecular formula is C33H30BrN3O3S. The fraction of sp³-hybridized carbons (Fsp3) is 0.121. The van der Waals surface area contributed by atoms with E-state index >= 15 is 0 Å². The van der Waals surface area contributed by atoms with Gasteiger partial charge in [-0.05, 0) is 77.7 Å². The third-order valence-corrected chi connectivity index (χ3v) is 7.50. The summed E-state index contributed by atoms with van der Waals surface area (Å²) in [6, 6.07) is 31.2. The minimum absolute atomic E-state index is 0.0953. The number of hydrogen-bond donors (Lipinski definition) is 3. The van der Waals surface area contributed by atoms with Crippen LogP contribution in [0.15, 0.2) is 118 Å². The maximum absolute atomic E-state index is 13.3. The number of halogens is 1. The summed E-state index contributed by atoms with van der Waals surface area (Å²) in [7, 11) is 0. The lowest BCUT2D eigenvalue weighted by molar-refractivity contribution is -0.114. The van der Waals surface area contributed by atoms with Crippen LogP contribution in [0.25, 0.3) is 6.08 Å². The van der Waals surface area contributed by atoms with Gasteiger partial charge in [-0.2, -0.15) is 0 Å². The molecule has 0 radical (unpaired) electrons. The third-order valence-electron chi connectivity index (χ3n) is 6.01. The van der Waals surface area contributed by atoms with E-state index in [9.17, 15) is 14.4 Å². The van der Waals surface area contributed by atoms with Crippen molar-refractivity contribution in [3.05, 3.63) is 130 Å².